The number of nitrogens with zero attached hydrogens (tertiary/aromatic N) is 3. The zero-order valence-electron chi connectivity index (χ0n) is 21.7. The van der Waals surface area contributed by atoms with Crippen molar-refractivity contribution in [1.82, 2.24) is 14.5 Å². The van der Waals surface area contributed by atoms with Gasteiger partial charge >= 0.3 is 5.97 Å². The third kappa shape index (κ3) is 7.11. The first-order valence-electron chi connectivity index (χ1n) is 12.8. The van der Waals surface area contributed by atoms with Crippen molar-refractivity contribution < 1.29 is 19.0 Å². The molecule has 39 heavy (non-hydrogen) atoms. The van der Waals surface area contributed by atoms with Gasteiger partial charge in [-0.3, -0.25) is 0 Å². The Labute approximate surface area is 227 Å². The van der Waals surface area contributed by atoms with Crippen molar-refractivity contribution in [2.24, 2.45) is 0 Å². The summed E-state index contributed by atoms with van der Waals surface area (Å²) in [4.78, 5) is 20.6. The average Bonchev–Trinajstić information content (AvgIpc) is 3.48. The summed E-state index contributed by atoms with van der Waals surface area (Å²) in [6.45, 7) is 3.52. The molecule has 0 saturated heterocycles. The highest BCUT2D eigenvalue weighted by molar-refractivity contribution is 5.87. The molecule has 196 valence electrons. The molecular weight excluding hydrogens is 490 g/mol. The molecule has 2 heterocycles. The molecule has 0 unspecified atom stereocenters. The summed E-state index contributed by atoms with van der Waals surface area (Å²) in [5.74, 6) is 1.05. The molecule has 0 saturated carbocycles. The van der Waals surface area contributed by atoms with Gasteiger partial charge in [0.2, 0.25) is 0 Å². The second-order valence-electron chi connectivity index (χ2n) is 8.91. The number of benzene rings is 3. The van der Waals surface area contributed by atoms with E-state index in [4.69, 9.17) is 14.2 Å². The summed E-state index contributed by atoms with van der Waals surface area (Å²) in [6, 6.07) is 25.8. The molecule has 0 bridgehead atoms. The predicted molar refractivity (Wildman–Crippen MR) is 150 cm³/mol. The maximum Gasteiger partial charge on any atom is 0.330 e. The fraction of sp³-hybridized carbons (Fsp3) is 0.156. The molecule has 7 heteroatoms. The van der Waals surface area contributed by atoms with Crippen LogP contribution in [0.3, 0.4) is 0 Å². The Hall–Kier alpha value is -4.91. The van der Waals surface area contributed by atoms with Crippen molar-refractivity contribution in [2.45, 2.75) is 26.7 Å². The number of hydrogen-bond acceptors (Lipinski definition) is 6. The second-order valence-corrected chi connectivity index (χ2v) is 8.91. The largest absolute Gasteiger partial charge is 0.488 e. The molecule has 5 rings (SSSR count). The van der Waals surface area contributed by atoms with E-state index in [1.54, 1.807) is 25.5 Å². The van der Waals surface area contributed by atoms with E-state index in [0.717, 1.165) is 39.0 Å². The lowest BCUT2D eigenvalue weighted by molar-refractivity contribution is -0.137. The molecule has 0 fully saturated rings. The van der Waals surface area contributed by atoms with Crippen LogP contribution in [0.4, 0.5) is 0 Å². The molecule has 0 radical (unpaired) electrons. The number of fused-ring (bicyclic) bond motifs is 1. The SMILES string of the molecule is CCOC(=O)/C=C/c1ccc(Cn2ccnc2)cc1OCc1ccc(OCc2ccc3ccccc3n2)cc1. The van der Waals surface area contributed by atoms with Gasteiger partial charge in [-0.25, -0.2) is 14.8 Å². The summed E-state index contributed by atoms with van der Waals surface area (Å²) in [5.41, 5.74) is 4.67. The number of carbonyl (C=O) groups is 1. The number of pyridine rings is 1. The number of rotatable bonds is 11. The first-order chi connectivity index (χ1) is 19.2. The standard InChI is InChI=1S/C32H29N3O4/c1-2-37-32(36)16-12-27-10-7-25(20-35-18-17-33-23-35)19-31(27)39-21-24-8-14-29(15-9-24)38-22-28-13-11-26-5-3-4-6-30(26)34-28/h3-19,23H,2,20-22H2,1H3/b16-12+. The maximum atomic E-state index is 11.8. The Bertz CT molecular complexity index is 1560. The van der Waals surface area contributed by atoms with Crippen molar-refractivity contribution >= 4 is 22.9 Å². The van der Waals surface area contributed by atoms with Crippen molar-refractivity contribution in [2.75, 3.05) is 6.61 Å². The molecule has 0 N–H and O–H groups in total. The van der Waals surface area contributed by atoms with Crippen LogP contribution in [0.1, 0.15) is 29.3 Å². The van der Waals surface area contributed by atoms with E-state index in [1.165, 1.54) is 6.08 Å². The summed E-state index contributed by atoms with van der Waals surface area (Å²) in [7, 11) is 0. The molecule has 0 aliphatic carbocycles. The van der Waals surface area contributed by atoms with E-state index >= 15 is 0 Å². The fourth-order valence-electron chi connectivity index (χ4n) is 4.07. The number of para-hydroxylation sites is 1. The normalized spacial score (nSPS) is 11.1. The summed E-state index contributed by atoms with van der Waals surface area (Å²) >= 11 is 0. The van der Waals surface area contributed by atoms with Gasteiger partial charge in [-0.15, -0.1) is 0 Å². The molecule has 3 aromatic carbocycles. The minimum atomic E-state index is -0.388. The van der Waals surface area contributed by atoms with E-state index in [1.807, 2.05) is 83.6 Å². The zero-order valence-corrected chi connectivity index (χ0v) is 21.7. The van der Waals surface area contributed by atoms with Gasteiger partial charge in [0, 0.05) is 36.0 Å². The molecule has 0 spiro atoms. The van der Waals surface area contributed by atoms with Gasteiger partial charge in [-0.1, -0.05) is 48.5 Å². The summed E-state index contributed by atoms with van der Waals surface area (Å²) in [6.07, 6.45) is 8.56. The van der Waals surface area contributed by atoms with E-state index in [-0.39, 0.29) is 5.97 Å². The number of aromatic nitrogens is 3. The number of esters is 1. The number of ether oxygens (including phenoxy) is 3. The highest BCUT2D eigenvalue weighted by Crippen LogP contribution is 2.25. The zero-order chi connectivity index (χ0) is 26.9. The highest BCUT2D eigenvalue weighted by atomic mass is 16.5. The lowest BCUT2D eigenvalue weighted by Crippen LogP contribution is -2.02. The van der Waals surface area contributed by atoms with Gasteiger partial charge in [0.15, 0.2) is 0 Å². The van der Waals surface area contributed by atoms with Gasteiger partial charge in [0.1, 0.15) is 24.7 Å². The Balaban J connectivity index is 1.23. The van der Waals surface area contributed by atoms with Gasteiger partial charge in [-0.05, 0) is 54.5 Å². The Morgan fingerprint density at radius 2 is 1.77 bits per heavy atom. The van der Waals surface area contributed by atoms with Crippen LogP contribution in [-0.4, -0.2) is 27.1 Å². The van der Waals surface area contributed by atoms with Crippen LogP contribution in [0.25, 0.3) is 17.0 Å². The Morgan fingerprint density at radius 3 is 2.59 bits per heavy atom. The Kier molecular flexibility index (Phi) is 8.28. The number of hydrogen-bond donors (Lipinski definition) is 0. The van der Waals surface area contributed by atoms with Gasteiger partial charge in [0.05, 0.1) is 24.1 Å². The van der Waals surface area contributed by atoms with Crippen molar-refractivity contribution in [3.8, 4) is 11.5 Å². The van der Waals surface area contributed by atoms with Gasteiger partial charge in [0.25, 0.3) is 0 Å². The van der Waals surface area contributed by atoms with Gasteiger partial charge < -0.3 is 18.8 Å². The van der Waals surface area contributed by atoms with E-state index in [2.05, 4.69) is 16.0 Å². The third-order valence-corrected chi connectivity index (χ3v) is 6.05. The monoisotopic (exact) mass is 519 g/mol. The minimum Gasteiger partial charge on any atom is -0.488 e. The molecular formula is C32H29N3O4. The first-order valence-corrected chi connectivity index (χ1v) is 12.8. The quantitative estimate of drug-likeness (QED) is 0.152. The average molecular weight is 520 g/mol. The smallest absolute Gasteiger partial charge is 0.330 e. The highest BCUT2D eigenvalue weighted by Gasteiger charge is 2.07. The second kappa shape index (κ2) is 12.6. The van der Waals surface area contributed by atoms with Crippen LogP contribution in [0.5, 0.6) is 11.5 Å². The first kappa shape index (κ1) is 25.7. The van der Waals surface area contributed by atoms with Crippen LogP contribution in [0, 0.1) is 0 Å². The molecule has 0 aliphatic heterocycles. The van der Waals surface area contributed by atoms with Crippen molar-refractivity contribution in [3.63, 3.8) is 0 Å². The van der Waals surface area contributed by atoms with Crippen molar-refractivity contribution in [3.05, 3.63) is 126 Å². The van der Waals surface area contributed by atoms with Crippen LogP contribution >= 0.6 is 0 Å². The minimum absolute atomic E-state index is 0.328. The van der Waals surface area contributed by atoms with Crippen LogP contribution in [-0.2, 0) is 29.3 Å². The Morgan fingerprint density at radius 1 is 0.923 bits per heavy atom. The van der Waals surface area contributed by atoms with Crippen LogP contribution < -0.4 is 9.47 Å². The van der Waals surface area contributed by atoms with Crippen LogP contribution in [0.2, 0.25) is 0 Å². The molecule has 0 atom stereocenters. The summed E-state index contributed by atoms with van der Waals surface area (Å²) < 4.78 is 19.2. The molecule has 5 aromatic rings. The van der Waals surface area contributed by atoms with Gasteiger partial charge in [-0.2, -0.15) is 0 Å². The topological polar surface area (TPSA) is 75.5 Å². The third-order valence-electron chi connectivity index (χ3n) is 6.05. The van der Waals surface area contributed by atoms with E-state index < -0.39 is 0 Å². The molecule has 0 aliphatic rings. The van der Waals surface area contributed by atoms with Crippen LogP contribution in [0.15, 0.2) is 104 Å². The maximum absolute atomic E-state index is 11.8. The van der Waals surface area contributed by atoms with E-state index in [9.17, 15) is 4.79 Å². The molecule has 0 amide bonds. The predicted octanol–water partition coefficient (Wildman–Crippen LogP) is 6.21. The number of carbonyl (C=O) groups excluding carboxylic acids is 1. The van der Waals surface area contributed by atoms with Crippen molar-refractivity contribution in [1.29, 1.82) is 0 Å². The lowest BCUT2D eigenvalue weighted by atomic mass is 10.1. The molecule has 2 aromatic heterocycles. The lowest BCUT2D eigenvalue weighted by Gasteiger charge is -2.13. The summed E-state index contributed by atoms with van der Waals surface area (Å²) in [5, 5.41) is 1.11. The van der Waals surface area contributed by atoms with E-state index in [0.29, 0.717) is 32.1 Å². The fourth-order valence-corrected chi connectivity index (χ4v) is 4.07. The number of imidazole rings is 1. The molecule has 7 nitrogen and oxygen atoms in total.